The molecule has 3 heteroatoms. The molecule has 16 heavy (non-hydrogen) atoms. The van der Waals surface area contributed by atoms with Crippen molar-refractivity contribution >= 4 is 21.9 Å². The second kappa shape index (κ2) is 3.32. The molecule has 3 rings (SSSR count). The van der Waals surface area contributed by atoms with Crippen LogP contribution in [0.4, 0.5) is 0 Å². The van der Waals surface area contributed by atoms with Gasteiger partial charge in [-0.05, 0) is 36.8 Å². The Morgan fingerprint density at radius 1 is 1.25 bits per heavy atom. The second-order valence-corrected chi connectivity index (χ2v) is 4.01. The molecule has 0 aliphatic rings. The molecule has 0 fully saturated rings. The van der Waals surface area contributed by atoms with Gasteiger partial charge in [0.25, 0.3) is 0 Å². The highest BCUT2D eigenvalue weighted by molar-refractivity contribution is 6.05. The number of H-pyrrole nitrogens is 1. The van der Waals surface area contributed by atoms with Gasteiger partial charge in [-0.2, -0.15) is 0 Å². The average molecular weight is 212 g/mol. The van der Waals surface area contributed by atoms with E-state index >= 15 is 0 Å². The van der Waals surface area contributed by atoms with Crippen LogP contribution in [-0.4, -0.2) is 15.1 Å². The Bertz CT molecular complexity index is 655. The second-order valence-electron chi connectivity index (χ2n) is 4.01. The maximum atomic E-state index is 9.57. The van der Waals surface area contributed by atoms with Crippen LogP contribution in [0, 0.1) is 0 Å². The number of aliphatic hydroxyl groups is 1. The van der Waals surface area contributed by atoms with Crippen molar-refractivity contribution in [2.24, 2.45) is 0 Å². The van der Waals surface area contributed by atoms with E-state index < -0.39 is 6.10 Å². The van der Waals surface area contributed by atoms with Crippen LogP contribution in [0.1, 0.15) is 18.6 Å². The number of benzene rings is 1. The highest BCUT2D eigenvalue weighted by Crippen LogP contribution is 2.26. The van der Waals surface area contributed by atoms with E-state index in [2.05, 4.69) is 9.97 Å². The number of nitrogens with zero attached hydrogens (tertiary/aromatic N) is 1. The van der Waals surface area contributed by atoms with Gasteiger partial charge in [-0.1, -0.05) is 6.07 Å². The number of fused-ring (bicyclic) bond motifs is 3. The molecule has 0 aliphatic carbocycles. The molecule has 3 nitrogen and oxygen atoms in total. The Hall–Kier alpha value is -1.87. The van der Waals surface area contributed by atoms with Gasteiger partial charge >= 0.3 is 0 Å². The minimum atomic E-state index is -0.439. The summed E-state index contributed by atoms with van der Waals surface area (Å²) in [6.07, 6.45) is 1.33. The van der Waals surface area contributed by atoms with Gasteiger partial charge in [0.15, 0.2) is 0 Å². The standard InChI is InChI=1S/C13H12N2O/c1-8(16)9-4-5-12-11(7-9)10-3-2-6-14-13(10)15-12/h2-8,16H,1H3,(H,14,15). The Labute approximate surface area is 92.7 Å². The summed E-state index contributed by atoms with van der Waals surface area (Å²) in [6, 6.07) is 9.89. The van der Waals surface area contributed by atoms with Crippen molar-refractivity contribution in [2.45, 2.75) is 13.0 Å². The summed E-state index contributed by atoms with van der Waals surface area (Å²) in [5.41, 5.74) is 2.87. The van der Waals surface area contributed by atoms with Gasteiger partial charge in [0.1, 0.15) is 5.65 Å². The van der Waals surface area contributed by atoms with Crippen LogP contribution in [0.5, 0.6) is 0 Å². The average Bonchev–Trinajstić information content (AvgIpc) is 2.66. The molecule has 0 radical (unpaired) electrons. The summed E-state index contributed by atoms with van der Waals surface area (Å²) in [6.45, 7) is 1.77. The maximum Gasteiger partial charge on any atom is 0.138 e. The molecule has 0 bridgehead atoms. The molecule has 0 saturated carbocycles. The van der Waals surface area contributed by atoms with Crippen molar-refractivity contribution in [3.63, 3.8) is 0 Å². The molecule has 3 aromatic rings. The van der Waals surface area contributed by atoms with Crippen molar-refractivity contribution in [2.75, 3.05) is 0 Å². The molecular formula is C13H12N2O. The largest absolute Gasteiger partial charge is 0.389 e. The van der Waals surface area contributed by atoms with Crippen LogP contribution < -0.4 is 0 Å². The van der Waals surface area contributed by atoms with Crippen molar-refractivity contribution in [1.82, 2.24) is 9.97 Å². The molecule has 0 spiro atoms. The van der Waals surface area contributed by atoms with Gasteiger partial charge in [-0.15, -0.1) is 0 Å². The van der Waals surface area contributed by atoms with E-state index in [1.54, 1.807) is 13.1 Å². The van der Waals surface area contributed by atoms with Crippen molar-refractivity contribution in [3.8, 4) is 0 Å². The predicted molar refractivity (Wildman–Crippen MR) is 64.2 cm³/mol. The molecule has 0 saturated heterocycles. The smallest absolute Gasteiger partial charge is 0.138 e. The highest BCUT2D eigenvalue weighted by Gasteiger charge is 2.07. The SMILES string of the molecule is CC(O)c1ccc2[nH]c3ncccc3c2c1. The third-order valence-corrected chi connectivity index (χ3v) is 2.88. The Kier molecular flexibility index (Phi) is 1.94. The van der Waals surface area contributed by atoms with E-state index in [0.717, 1.165) is 27.5 Å². The van der Waals surface area contributed by atoms with Gasteiger partial charge in [-0.3, -0.25) is 0 Å². The minimum absolute atomic E-state index is 0.439. The van der Waals surface area contributed by atoms with Crippen molar-refractivity contribution in [1.29, 1.82) is 0 Å². The Balaban J connectivity index is 2.40. The highest BCUT2D eigenvalue weighted by atomic mass is 16.3. The zero-order valence-electron chi connectivity index (χ0n) is 8.94. The lowest BCUT2D eigenvalue weighted by atomic mass is 10.1. The quantitative estimate of drug-likeness (QED) is 0.651. The van der Waals surface area contributed by atoms with Gasteiger partial charge < -0.3 is 10.1 Å². The van der Waals surface area contributed by atoms with Gasteiger partial charge in [0, 0.05) is 22.5 Å². The number of pyridine rings is 1. The fraction of sp³-hybridized carbons (Fsp3) is 0.154. The first kappa shape index (κ1) is 9.36. The van der Waals surface area contributed by atoms with Crippen molar-refractivity contribution in [3.05, 3.63) is 42.1 Å². The number of hydrogen-bond acceptors (Lipinski definition) is 2. The van der Waals surface area contributed by atoms with Gasteiger partial charge in [0.2, 0.25) is 0 Å². The van der Waals surface area contributed by atoms with Crippen LogP contribution >= 0.6 is 0 Å². The minimum Gasteiger partial charge on any atom is -0.389 e. The lowest BCUT2D eigenvalue weighted by molar-refractivity contribution is 0.199. The number of hydrogen-bond donors (Lipinski definition) is 2. The summed E-state index contributed by atoms with van der Waals surface area (Å²) in [5.74, 6) is 0. The van der Waals surface area contributed by atoms with E-state index in [4.69, 9.17) is 0 Å². The molecule has 1 aromatic carbocycles. The lowest BCUT2D eigenvalue weighted by Crippen LogP contribution is -1.89. The molecule has 0 amide bonds. The predicted octanol–water partition coefficient (Wildman–Crippen LogP) is 2.77. The normalized spacial score (nSPS) is 13.4. The number of aliphatic hydroxyl groups excluding tert-OH is 1. The molecular weight excluding hydrogens is 200 g/mol. The fourth-order valence-corrected chi connectivity index (χ4v) is 2.00. The third kappa shape index (κ3) is 1.29. The number of aromatic amines is 1. The van der Waals surface area contributed by atoms with Crippen LogP contribution in [0.2, 0.25) is 0 Å². The van der Waals surface area contributed by atoms with Crippen LogP contribution in [-0.2, 0) is 0 Å². The lowest BCUT2D eigenvalue weighted by Gasteiger charge is -2.03. The molecule has 80 valence electrons. The first-order valence-corrected chi connectivity index (χ1v) is 5.30. The zero-order valence-corrected chi connectivity index (χ0v) is 8.94. The number of nitrogens with one attached hydrogen (secondary N) is 1. The van der Waals surface area contributed by atoms with E-state index in [0.29, 0.717) is 0 Å². The van der Waals surface area contributed by atoms with Gasteiger partial charge in [0.05, 0.1) is 6.10 Å². The number of rotatable bonds is 1. The number of aromatic nitrogens is 2. The first-order chi connectivity index (χ1) is 7.75. The molecule has 0 aliphatic heterocycles. The third-order valence-electron chi connectivity index (χ3n) is 2.88. The van der Waals surface area contributed by atoms with E-state index in [9.17, 15) is 5.11 Å². The maximum absolute atomic E-state index is 9.57. The fourth-order valence-electron chi connectivity index (χ4n) is 2.00. The van der Waals surface area contributed by atoms with Crippen LogP contribution in [0.3, 0.4) is 0 Å². The first-order valence-electron chi connectivity index (χ1n) is 5.30. The Morgan fingerprint density at radius 3 is 2.94 bits per heavy atom. The van der Waals surface area contributed by atoms with Crippen LogP contribution in [0.15, 0.2) is 36.5 Å². The topological polar surface area (TPSA) is 48.9 Å². The zero-order chi connectivity index (χ0) is 11.1. The Morgan fingerprint density at radius 2 is 2.12 bits per heavy atom. The monoisotopic (exact) mass is 212 g/mol. The van der Waals surface area contributed by atoms with E-state index in [1.165, 1.54) is 0 Å². The summed E-state index contributed by atoms with van der Waals surface area (Å²) in [4.78, 5) is 7.53. The molecule has 1 atom stereocenters. The molecule has 2 N–H and O–H groups in total. The molecule has 2 heterocycles. The molecule has 1 unspecified atom stereocenters. The van der Waals surface area contributed by atoms with E-state index in [1.807, 2.05) is 30.3 Å². The molecule has 2 aromatic heterocycles. The summed E-state index contributed by atoms with van der Waals surface area (Å²) >= 11 is 0. The van der Waals surface area contributed by atoms with Gasteiger partial charge in [-0.25, -0.2) is 4.98 Å². The summed E-state index contributed by atoms with van der Waals surface area (Å²) in [7, 11) is 0. The van der Waals surface area contributed by atoms with E-state index in [-0.39, 0.29) is 0 Å². The summed E-state index contributed by atoms with van der Waals surface area (Å²) < 4.78 is 0. The summed E-state index contributed by atoms with van der Waals surface area (Å²) in [5, 5.41) is 11.8. The van der Waals surface area contributed by atoms with Crippen molar-refractivity contribution < 1.29 is 5.11 Å². The van der Waals surface area contributed by atoms with Crippen LogP contribution in [0.25, 0.3) is 21.9 Å².